The van der Waals surface area contributed by atoms with E-state index in [0.29, 0.717) is 19.7 Å². The van der Waals surface area contributed by atoms with Crippen LogP contribution < -0.4 is 0 Å². The molecular weight excluding hydrogens is 307 g/mol. The number of hydrogen-bond acceptors (Lipinski definition) is 3. The van der Waals surface area contributed by atoms with Crippen molar-refractivity contribution in [2.24, 2.45) is 0 Å². The number of rotatable bonds is 6. The molecule has 0 aliphatic carbocycles. The van der Waals surface area contributed by atoms with E-state index in [1.807, 2.05) is 18.2 Å². The van der Waals surface area contributed by atoms with E-state index in [4.69, 9.17) is 4.74 Å². The zero-order valence-electron chi connectivity index (χ0n) is 13.5. The van der Waals surface area contributed by atoms with E-state index in [2.05, 4.69) is 17.1 Å². The molecule has 0 spiro atoms. The van der Waals surface area contributed by atoms with Crippen molar-refractivity contribution in [2.45, 2.75) is 25.4 Å². The number of pyridine rings is 1. The van der Waals surface area contributed by atoms with Crippen molar-refractivity contribution in [3.05, 3.63) is 65.7 Å². The lowest BCUT2D eigenvalue weighted by molar-refractivity contribution is 0.0523. The van der Waals surface area contributed by atoms with Gasteiger partial charge in [-0.15, -0.1) is 0 Å². The number of aromatic nitrogens is 1. The summed E-state index contributed by atoms with van der Waals surface area (Å²) in [6.45, 7) is 1.79. The quantitative estimate of drug-likeness (QED) is 0.765. The molecular formula is C19H21FN2O2. The highest BCUT2D eigenvalue weighted by atomic mass is 19.1. The molecule has 1 aromatic heterocycles. The van der Waals surface area contributed by atoms with E-state index in [9.17, 15) is 9.18 Å². The molecule has 1 amide bonds. The van der Waals surface area contributed by atoms with Gasteiger partial charge in [-0.1, -0.05) is 30.3 Å². The van der Waals surface area contributed by atoms with Crippen LogP contribution in [0.15, 0.2) is 48.8 Å². The average molecular weight is 328 g/mol. The van der Waals surface area contributed by atoms with E-state index in [0.717, 1.165) is 25.5 Å². The van der Waals surface area contributed by atoms with Crippen LogP contribution in [-0.4, -0.2) is 41.6 Å². The number of halogens is 1. The topological polar surface area (TPSA) is 42.4 Å². The zero-order valence-corrected chi connectivity index (χ0v) is 13.5. The number of hydrogen-bond donors (Lipinski definition) is 0. The Kier molecular flexibility index (Phi) is 5.54. The molecule has 1 aliphatic heterocycles. The number of carbonyl (C=O) groups excluding carboxylic acids is 1. The molecule has 24 heavy (non-hydrogen) atoms. The van der Waals surface area contributed by atoms with Gasteiger partial charge in [-0.05, 0) is 30.9 Å². The third-order valence-electron chi connectivity index (χ3n) is 4.24. The highest BCUT2D eigenvalue weighted by molar-refractivity contribution is 5.94. The summed E-state index contributed by atoms with van der Waals surface area (Å²) in [4.78, 5) is 17.7. The maximum atomic E-state index is 13.7. The molecule has 5 heteroatoms. The zero-order chi connectivity index (χ0) is 16.8. The van der Waals surface area contributed by atoms with E-state index >= 15 is 0 Å². The summed E-state index contributed by atoms with van der Waals surface area (Å²) in [5, 5.41) is 0. The van der Waals surface area contributed by atoms with Gasteiger partial charge in [0.25, 0.3) is 5.91 Å². The summed E-state index contributed by atoms with van der Waals surface area (Å²) in [6.07, 6.45) is 5.27. The van der Waals surface area contributed by atoms with Crippen LogP contribution in [0.3, 0.4) is 0 Å². The van der Waals surface area contributed by atoms with Crippen LogP contribution in [0.25, 0.3) is 0 Å². The average Bonchev–Trinajstić information content (AvgIpc) is 3.08. The smallest absolute Gasteiger partial charge is 0.257 e. The molecule has 1 atom stereocenters. The highest BCUT2D eigenvalue weighted by Crippen LogP contribution is 2.17. The summed E-state index contributed by atoms with van der Waals surface area (Å²) in [6, 6.07) is 11.7. The van der Waals surface area contributed by atoms with E-state index in [1.54, 1.807) is 4.90 Å². The van der Waals surface area contributed by atoms with Gasteiger partial charge in [0.15, 0.2) is 5.82 Å². The van der Waals surface area contributed by atoms with Gasteiger partial charge in [-0.2, -0.15) is 0 Å². The first-order chi connectivity index (χ1) is 11.7. The summed E-state index contributed by atoms with van der Waals surface area (Å²) in [5.41, 5.74) is 1.38. The summed E-state index contributed by atoms with van der Waals surface area (Å²) in [7, 11) is 0. The Balaban J connectivity index is 1.42. The molecule has 0 bridgehead atoms. The molecule has 0 unspecified atom stereocenters. The highest BCUT2D eigenvalue weighted by Gasteiger charge is 2.28. The Hall–Kier alpha value is -2.27. The lowest BCUT2D eigenvalue weighted by atomic mass is 10.1. The van der Waals surface area contributed by atoms with Crippen LogP contribution in [0, 0.1) is 5.82 Å². The minimum Gasteiger partial charge on any atom is -0.376 e. The SMILES string of the molecule is O=C(c1ccncc1F)N1CC[C@H](OCCCc2ccccc2)C1. The van der Waals surface area contributed by atoms with Crippen LogP contribution in [-0.2, 0) is 11.2 Å². The Morgan fingerprint density at radius 1 is 1.29 bits per heavy atom. The molecule has 0 radical (unpaired) electrons. The maximum Gasteiger partial charge on any atom is 0.257 e. The molecule has 0 N–H and O–H groups in total. The van der Waals surface area contributed by atoms with Crippen molar-refractivity contribution in [3.63, 3.8) is 0 Å². The molecule has 3 rings (SSSR count). The second kappa shape index (κ2) is 8.02. The second-order valence-electron chi connectivity index (χ2n) is 5.98. The van der Waals surface area contributed by atoms with Crippen molar-refractivity contribution >= 4 is 5.91 Å². The first-order valence-electron chi connectivity index (χ1n) is 8.28. The monoisotopic (exact) mass is 328 g/mol. The second-order valence-corrected chi connectivity index (χ2v) is 5.98. The summed E-state index contributed by atoms with van der Waals surface area (Å²) in [5.74, 6) is -0.861. The first-order valence-corrected chi connectivity index (χ1v) is 8.28. The van der Waals surface area contributed by atoms with E-state index < -0.39 is 5.82 Å². The Labute approximate surface area is 141 Å². The summed E-state index contributed by atoms with van der Waals surface area (Å²) >= 11 is 0. The van der Waals surface area contributed by atoms with Crippen molar-refractivity contribution in [1.82, 2.24) is 9.88 Å². The Bertz CT molecular complexity index is 678. The van der Waals surface area contributed by atoms with Gasteiger partial charge >= 0.3 is 0 Å². The number of aryl methyl sites for hydroxylation is 1. The van der Waals surface area contributed by atoms with Crippen LogP contribution in [0.2, 0.25) is 0 Å². The van der Waals surface area contributed by atoms with Crippen LogP contribution in [0.4, 0.5) is 4.39 Å². The van der Waals surface area contributed by atoms with E-state index in [-0.39, 0.29) is 17.6 Å². The van der Waals surface area contributed by atoms with Gasteiger partial charge in [0.2, 0.25) is 0 Å². The molecule has 0 saturated carbocycles. The fraction of sp³-hybridized carbons (Fsp3) is 0.368. The molecule has 2 aromatic rings. The van der Waals surface area contributed by atoms with Crippen LogP contribution >= 0.6 is 0 Å². The number of amides is 1. The van der Waals surface area contributed by atoms with Crippen LogP contribution in [0.1, 0.15) is 28.8 Å². The number of nitrogens with zero attached hydrogens (tertiary/aromatic N) is 2. The van der Waals surface area contributed by atoms with Crippen LogP contribution in [0.5, 0.6) is 0 Å². The maximum absolute atomic E-state index is 13.7. The van der Waals surface area contributed by atoms with Crippen molar-refractivity contribution in [3.8, 4) is 0 Å². The number of likely N-dealkylation sites (tertiary alicyclic amines) is 1. The van der Waals surface area contributed by atoms with Gasteiger partial charge in [-0.25, -0.2) is 4.39 Å². The largest absolute Gasteiger partial charge is 0.376 e. The fourth-order valence-corrected chi connectivity index (χ4v) is 2.94. The minimum atomic E-state index is -0.574. The number of ether oxygens (including phenoxy) is 1. The standard InChI is InChI=1S/C19H21FN2O2/c20-18-13-21-10-8-17(18)19(23)22-11-9-16(14-22)24-12-4-7-15-5-2-1-3-6-15/h1-3,5-6,8,10,13,16H,4,7,9,11-12,14H2/t16-/m0/s1. The van der Waals surface area contributed by atoms with E-state index in [1.165, 1.54) is 17.8 Å². The predicted molar refractivity (Wildman–Crippen MR) is 89.2 cm³/mol. The molecule has 2 heterocycles. The number of carbonyl (C=O) groups is 1. The molecule has 1 aromatic carbocycles. The molecule has 126 valence electrons. The number of benzene rings is 1. The minimum absolute atomic E-state index is 0.0367. The van der Waals surface area contributed by atoms with Gasteiger partial charge < -0.3 is 9.64 Å². The molecule has 1 saturated heterocycles. The fourth-order valence-electron chi connectivity index (χ4n) is 2.94. The van der Waals surface area contributed by atoms with Crippen molar-refractivity contribution in [1.29, 1.82) is 0 Å². The first kappa shape index (κ1) is 16.6. The predicted octanol–water partition coefficient (Wildman–Crippen LogP) is 3.08. The third-order valence-corrected chi connectivity index (χ3v) is 4.24. The molecule has 4 nitrogen and oxygen atoms in total. The Morgan fingerprint density at radius 3 is 2.92 bits per heavy atom. The van der Waals surface area contributed by atoms with Gasteiger partial charge in [-0.3, -0.25) is 9.78 Å². The van der Waals surface area contributed by atoms with Crippen molar-refractivity contribution < 1.29 is 13.9 Å². The lowest BCUT2D eigenvalue weighted by Gasteiger charge is -2.17. The molecule has 1 fully saturated rings. The summed E-state index contributed by atoms with van der Waals surface area (Å²) < 4.78 is 19.5. The van der Waals surface area contributed by atoms with Crippen molar-refractivity contribution in [2.75, 3.05) is 19.7 Å². The van der Waals surface area contributed by atoms with Gasteiger partial charge in [0.05, 0.1) is 17.9 Å². The van der Waals surface area contributed by atoms with Gasteiger partial charge in [0, 0.05) is 25.9 Å². The normalized spacial score (nSPS) is 17.2. The molecule has 1 aliphatic rings. The van der Waals surface area contributed by atoms with Gasteiger partial charge in [0.1, 0.15) is 0 Å². The Morgan fingerprint density at radius 2 is 2.12 bits per heavy atom. The third kappa shape index (κ3) is 4.17. The lowest BCUT2D eigenvalue weighted by Crippen LogP contribution is -2.31.